The molecule has 2 aromatic rings. The first-order chi connectivity index (χ1) is 10.0. The van der Waals surface area contributed by atoms with Crippen LogP contribution in [-0.4, -0.2) is 10.1 Å². The quantitative estimate of drug-likeness (QED) is 0.919. The van der Waals surface area contributed by atoms with Crippen LogP contribution in [0.2, 0.25) is 0 Å². The maximum atomic E-state index is 6.76. The second-order valence-electron chi connectivity index (χ2n) is 7.13. The van der Waals surface area contributed by atoms with E-state index >= 15 is 0 Å². The van der Waals surface area contributed by atoms with Gasteiger partial charge in [0.2, 0.25) is 5.89 Å². The normalized spacial score (nSPS) is 27.4. The first-order valence-electron chi connectivity index (χ1n) is 7.74. The van der Waals surface area contributed by atoms with E-state index in [9.17, 15) is 0 Å². The molecule has 2 aliphatic rings. The van der Waals surface area contributed by atoms with E-state index in [-0.39, 0.29) is 5.41 Å². The highest BCUT2D eigenvalue weighted by atomic mass is 16.5. The molecule has 1 saturated carbocycles. The maximum absolute atomic E-state index is 6.76. The number of rotatable bonds is 2. The Labute approximate surface area is 124 Å². The largest absolute Gasteiger partial charge is 0.339 e. The highest BCUT2D eigenvalue weighted by Gasteiger charge is 2.44. The van der Waals surface area contributed by atoms with Gasteiger partial charge in [0.1, 0.15) is 5.54 Å². The summed E-state index contributed by atoms with van der Waals surface area (Å²) in [6, 6.07) is 8.42. The minimum absolute atomic E-state index is 0.141. The lowest BCUT2D eigenvalue weighted by Gasteiger charge is -2.41. The molecule has 0 radical (unpaired) electrons. The Kier molecular flexibility index (Phi) is 2.58. The van der Waals surface area contributed by atoms with Gasteiger partial charge in [0.05, 0.1) is 0 Å². The molecule has 1 atom stereocenters. The summed E-state index contributed by atoms with van der Waals surface area (Å²) >= 11 is 0. The summed E-state index contributed by atoms with van der Waals surface area (Å²) < 4.78 is 5.43. The number of benzene rings is 1. The fraction of sp³-hybridized carbons (Fsp3) is 0.529. The Morgan fingerprint density at radius 2 is 1.86 bits per heavy atom. The smallest absolute Gasteiger partial charge is 0.229 e. The molecule has 2 N–H and O–H groups in total. The van der Waals surface area contributed by atoms with E-state index in [1.54, 1.807) is 0 Å². The molecule has 0 spiro atoms. The van der Waals surface area contributed by atoms with Gasteiger partial charge in [-0.2, -0.15) is 4.98 Å². The van der Waals surface area contributed by atoms with Crippen LogP contribution in [0.25, 0.3) is 0 Å². The minimum Gasteiger partial charge on any atom is -0.339 e. The number of fused-ring (bicyclic) bond motifs is 1. The number of hydrogen-bond donors (Lipinski definition) is 1. The number of nitrogens with zero attached hydrogens (tertiary/aromatic N) is 2. The molecule has 2 aliphatic carbocycles. The summed E-state index contributed by atoms with van der Waals surface area (Å²) in [6.07, 6.45) is 4.18. The third kappa shape index (κ3) is 1.93. The summed E-state index contributed by atoms with van der Waals surface area (Å²) in [5.41, 5.74) is 8.73. The van der Waals surface area contributed by atoms with Gasteiger partial charge in [-0.1, -0.05) is 43.3 Å². The average molecular weight is 283 g/mol. The Balaban J connectivity index is 1.83. The fourth-order valence-electron chi connectivity index (χ4n) is 3.39. The Hall–Kier alpha value is -1.68. The van der Waals surface area contributed by atoms with Crippen LogP contribution in [0.3, 0.4) is 0 Å². The second-order valence-corrected chi connectivity index (χ2v) is 7.13. The van der Waals surface area contributed by atoms with E-state index in [1.807, 2.05) is 6.07 Å². The molecule has 1 fully saturated rings. The van der Waals surface area contributed by atoms with Crippen molar-refractivity contribution in [3.05, 3.63) is 47.1 Å². The second kappa shape index (κ2) is 4.17. The Bertz CT molecular complexity index is 687. The monoisotopic (exact) mass is 283 g/mol. The van der Waals surface area contributed by atoms with Crippen LogP contribution in [0, 0.1) is 0 Å². The summed E-state index contributed by atoms with van der Waals surface area (Å²) in [7, 11) is 0. The van der Waals surface area contributed by atoms with Crippen LogP contribution < -0.4 is 5.73 Å². The zero-order valence-corrected chi connectivity index (χ0v) is 12.6. The fourth-order valence-corrected chi connectivity index (χ4v) is 3.39. The molecule has 110 valence electrons. The topological polar surface area (TPSA) is 64.9 Å². The molecule has 4 rings (SSSR count). The molecule has 1 aromatic carbocycles. The van der Waals surface area contributed by atoms with Crippen molar-refractivity contribution in [2.24, 2.45) is 5.73 Å². The third-order valence-corrected chi connectivity index (χ3v) is 5.05. The number of nitrogens with two attached hydrogens (primary N) is 1. The molecule has 0 saturated heterocycles. The van der Waals surface area contributed by atoms with E-state index in [0.29, 0.717) is 11.7 Å². The van der Waals surface area contributed by atoms with E-state index in [4.69, 9.17) is 10.3 Å². The Morgan fingerprint density at radius 1 is 1.14 bits per heavy atom. The molecular weight excluding hydrogens is 262 g/mol. The van der Waals surface area contributed by atoms with Crippen molar-refractivity contribution >= 4 is 0 Å². The van der Waals surface area contributed by atoms with Gasteiger partial charge >= 0.3 is 0 Å². The molecule has 1 unspecified atom stereocenters. The molecule has 21 heavy (non-hydrogen) atoms. The predicted octanol–water partition coefficient (Wildman–Crippen LogP) is 3.22. The van der Waals surface area contributed by atoms with Crippen LogP contribution in [0.4, 0.5) is 0 Å². The van der Waals surface area contributed by atoms with Crippen molar-refractivity contribution in [2.45, 2.75) is 56.4 Å². The molecule has 1 heterocycles. The van der Waals surface area contributed by atoms with Gasteiger partial charge in [-0.3, -0.25) is 0 Å². The summed E-state index contributed by atoms with van der Waals surface area (Å²) in [4.78, 5) is 4.61. The average Bonchev–Trinajstić information content (AvgIpc) is 3.21. The zero-order chi connectivity index (χ0) is 14.7. The predicted molar refractivity (Wildman–Crippen MR) is 79.9 cm³/mol. The van der Waals surface area contributed by atoms with Gasteiger partial charge in [0, 0.05) is 5.92 Å². The first kappa shape index (κ1) is 13.0. The lowest BCUT2D eigenvalue weighted by Crippen LogP contribution is -2.46. The lowest BCUT2D eigenvalue weighted by atomic mass is 9.65. The molecule has 0 bridgehead atoms. The summed E-state index contributed by atoms with van der Waals surface area (Å²) in [5, 5.41) is 4.21. The highest BCUT2D eigenvalue weighted by Crippen LogP contribution is 2.46. The van der Waals surface area contributed by atoms with Gasteiger partial charge in [-0.05, 0) is 42.2 Å². The minimum atomic E-state index is -0.622. The van der Waals surface area contributed by atoms with Gasteiger partial charge in [0.15, 0.2) is 5.82 Å². The van der Waals surface area contributed by atoms with Gasteiger partial charge in [0.25, 0.3) is 0 Å². The van der Waals surface area contributed by atoms with Crippen LogP contribution in [0.5, 0.6) is 0 Å². The first-order valence-corrected chi connectivity index (χ1v) is 7.74. The molecular formula is C17H21N3O. The Morgan fingerprint density at radius 3 is 2.57 bits per heavy atom. The third-order valence-electron chi connectivity index (χ3n) is 5.05. The van der Waals surface area contributed by atoms with Gasteiger partial charge < -0.3 is 10.3 Å². The van der Waals surface area contributed by atoms with Crippen LogP contribution in [-0.2, 0) is 11.0 Å². The van der Waals surface area contributed by atoms with E-state index in [2.05, 4.69) is 42.2 Å². The van der Waals surface area contributed by atoms with Crippen LogP contribution in [0.1, 0.15) is 68.3 Å². The van der Waals surface area contributed by atoms with Crippen molar-refractivity contribution in [3.8, 4) is 0 Å². The van der Waals surface area contributed by atoms with Crippen LogP contribution in [0.15, 0.2) is 28.8 Å². The zero-order valence-electron chi connectivity index (χ0n) is 12.6. The highest BCUT2D eigenvalue weighted by molar-refractivity contribution is 5.44. The van der Waals surface area contributed by atoms with E-state index < -0.39 is 5.54 Å². The lowest BCUT2D eigenvalue weighted by molar-refractivity contribution is 0.310. The standard InChI is InChI=1S/C17H21N3O/c1-16(2)9-10-17(18,13-6-4-3-5-12(13)16)15-19-14(21-20-15)11-7-8-11/h3-6,11H,7-10,18H2,1-2H3. The van der Waals surface area contributed by atoms with Gasteiger partial charge in [-0.25, -0.2) is 0 Å². The van der Waals surface area contributed by atoms with Gasteiger partial charge in [-0.15, -0.1) is 0 Å². The summed E-state index contributed by atoms with van der Waals surface area (Å²) in [5.74, 6) is 1.87. The van der Waals surface area contributed by atoms with Crippen molar-refractivity contribution in [3.63, 3.8) is 0 Å². The van der Waals surface area contributed by atoms with Crippen molar-refractivity contribution in [2.75, 3.05) is 0 Å². The van der Waals surface area contributed by atoms with Crippen molar-refractivity contribution in [1.82, 2.24) is 10.1 Å². The number of aromatic nitrogens is 2. The van der Waals surface area contributed by atoms with Crippen molar-refractivity contribution in [1.29, 1.82) is 0 Å². The molecule has 0 aliphatic heterocycles. The van der Waals surface area contributed by atoms with E-state index in [1.165, 1.54) is 5.56 Å². The summed E-state index contributed by atoms with van der Waals surface area (Å²) in [6.45, 7) is 4.55. The van der Waals surface area contributed by atoms with E-state index in [0.717, 1.165) is 37.1 Å². The maximum Gasteiger partial charge on any atom is 0.229 e. The molecule has 4 nitrogen and oxygen atoms in total. The van der Waals surface area contributed by atoms with Crippen LogP contribution >= 0.6 is 0 Å². The van der Waals surface area contributed by atoms with Crippen molar-refractivity contribution < 1.29 is 4.52 Å². The molecule has 1 aromatic heterocycles. The number of hydrogen-bond acceptors (Lipinski definition) is 4. The molecule has 0 amide bonds. The SMILES string of the molecule is CC1(C)CCC(N)(c2noc(C3CC3)n2)c2ccccc21. The molecule has 4 heteroatoms.